The van der Waals surface area contributed by atoms with E-state index in [2.05, 4.69) is 44.7 Å². The highest BCUT2D eigenvalue weighted by Crippen LogP contribution is 2.42. The minimum Gasteiger partial charge on any atom is -0.378 e. The molecule has 2 N–H and O–H groups in total. The van der Waals surface area contributed by atoms with Crippen LogP contribution < -0.4 is 26.7 Å². The van der Waals surface area contributed by atoms with Gasteiger partial charge >= 0.3 is 0 Å². The molecule has 4 aliphatic heterocycles. The number of piperidine rings is 4. The first-order valence-electron chi connectivity index (χ1n) is 17.9. The Morgan fingerprint density at radius 3 is 2.35 bits per heavy atom. The lowest BCUT2D eigenvalue weighted by molar-refractivity contribution is -0.135. The molecule has 3 atom stereocenters. The normalized spacial score (nSPS) is 24.0. The minimum atomic E-state index is -0.660. The molecule has 3 aromatic rings. The van der Waals surface area contributed by atoms with E-state index < -0.39 is 11.9 Å². The summed E-state index contributed by atoms with van der Waals surface area (Å²) in [5.74, 6) is -0.406. The molecule has 7 rings (SSSR count). The summed E-state index contributed by atoms with van der Waals surface area (Å²) in [5.41, 5.74) is 2.89. The Morgan fingerprint density at radius 1 is 0.961 bits per heavy atom. The molecule has 0 aliphatic carbocycles. The van der Waals surface area contributed by atoms with Crippen LogP contribution in [0.25, 0.3) is 0 Å². The van der Waals surface area contributed by atoms with Gasteiger partial charge in [-0.1, -0.05) is 23.7 Å². The topological polar surface area (TPSA) is 142 Å². The zero-order valence-corrected chi connectivity index (χ0v) is 29.9. The van der Waals surface area contributed by atoms with E-state index in [1.807, 2.05) is 23.1 Å². The molecule has 270 valence electrons. The van der Waals surface area contributed by atoms with Gasteiger partial charge in [0.15, 0.2) is 0 Å². The summed E-state index contributed by atoms with van der Waals surface area (Å²) in [6.45, 7) is 4.82. The lowest BCUT2D eigenvalue weighted by Crippen LogP contribution is -2.48. The van der Waals surface area contributed by atoms with Gasteiger partial charge in [0.25, 0.3) is 17.0 Å². The second kappa shape index (κ2) is 14.3. The van der Waals surface area contributed by atoms with Crippen LogP contribution in [0.2, 0.25) is 5.02 Å². The molecule has 4 saturated heterocycles. The molecule has 2 aromatic heterocycles. The van der Waals surface area contributed by atoms with Crippen molar-refractivity contribution in [1.29, 1.82) is 0 Å². The van der Waals surface area contributed by atoms with Gasteiger partial charge in [-0.3, -0.25) is 29.3 Å². The van der Waals surface area contributed by atoms with Gasteiger partial charge in [0.1, 0.15) is 11.1 Å². The highest BCUT2D eigenvalue weighted by atomic mass is 35.5. The van der Waals surface area contributed by atoms with Crippen molar-refractivity contribution in [2.45, 2.75) is 62.9 Å². The first-order valence-corrected chi connectivity index (χ1v) is 18.2. The van der Waals surface area contributed by atoms with E-state index in [1.54, 1.807) is 25.5 Å². The Bertz CT molecular complexity index is 1930. The number of amides is 3. The summed E-state index contributed by atoms with van der Waals surface area (Å²) in [5, 5.41) is 10.00. The molecule has 3 amide bonds. The number of pyridine rings is 1. The number of hydrogen-bond acceptors (Lipinski definition) is 9. The Kier molecular flexibility index (Phi) is 9.77. The number of nitrogens with zero attached hydrogens (tertiary/aromatic N) is 6. The summed E-state index contributed by atoms with van der Waals surface area (Å²) >= 11 is 6.31. The van der Waals surface area contributed by atoms with Crippen molar-refractivity contribution >= 4 is 40.7 Å². The number of likely N-dealkylation sites (N-methyl/N-ethyl adjacent to an activating group) is 1. The van der Waals surface area contributed by atoms with Gasteiger partial charge in [0.2, 0.25) is 11.8 Å². The first-order chi connectivity index (χ1) is 24.5. The minimum absolute atomic E-state index is 0.0681. The fourth-order valence-corrected chi connectivity index (χ4v) is 8.61. The number of anilines is 2. The van der Waals surface area contributed by atoms with Crippen LogP contribution in [0, 0.1) is 5.41 Å². The van der Waals surface area contributed by atoms with Gasteiger partial charge in [-0.25, -0.2) is 4.68 Å². The van der Waals surface area contributed by atoms with Gasteiger partial charge in [0.05, 0.1) is 11.9 Å². The summed E-state index contributed by atoms with van der Waals surface area (Å²) in [7, 11) is 3.66. The van der Waals surface area contributed by atoms with Crippen LogP contribution >= 0.6 is 11.6 Å². The Labute approximate surface area is 301 Å². The number of benzene rings is 1. The molecule has 1 spiro atoms. The number of nitrogens with one attached hydrogen (secondary N) is 2. The van der Waals surface area contributed by atoms with Crippen LogP contribution in [0.15, 0.2) is 58.4 Å². The Balaban J connectivity index is 0.912. The van der Waals surface area contributed by atoms with Crippen LogP contribution in [-0.2, 0) is 16.6 Å². The van der Waals surface area contributed by atoms with Crippen molar-refractivity contribution < 1.29 is 14.4 Å². The van der Waals surface area contributed by atoms with Crippen molar-refractivity contribution in [1.82, 2.24) is 29.5 Å². The van der Waals surface area contributed by atoms with Crippen molar-refractivity contribution in [2.75, 3.05) is 56.5 Å². The molecule has 13 nitrogen and oxygen atoms in total. The SMILES string of the molecule is CN1C[C@H](Nc2cnn(C)c(=O)c2Cl)C[C@H](c2ccc(C(=O)N3CCC4(CC3)CCN(c3ccn(C5CCC(=O)NC5=O)c(=O)c3)CC4)cc2)C1. The molecular formula is C37H45ClN8O5. The maximum Gasteiger partial charge on any atom is 0.287 e. The monoisotopic (exact) mass is 716 g/mol. The van der Waals surface area contributed by atoms with E-state index in [-0.39, 0.29) is 51.8 Å². The van der Waals surface area contributed by atoms with E-state index in [4.69, 9.17) is 11.6 Å². The fraction of sp³-hybridized carbons (Fsp3) is 0.514. The zero-order chi connectivity index (χ0) is 35.9. The largest absolute Gasteiger partial charge is 0.378 e. The van der Waals surface area contributed by atoms with E-state index in [0.29, 0.717) is 17.7 Å². The summed E-state index contributed by atoms with van der Waals surface area (Å²) in [6.07, 6.45) is 8.58. The standard InChI is InChI=1S/C37H45ClN8O5/c1-42-22-26(19-27(23-42)40-29-21-39-43(2)36(51)33(29)38)24-3-5-25(6-4-24)35(50)45-17-12-37(13-18-45)10-15-44(16-11-37)28-9-14-46(32(48)20-28)30-7-8-31(47)41-34(30)49/h3-6,9,14,20-21,26-27,30,40H,7-8,10-13,15-19,22-23H2,1-2H3,(H,41,47,49)/t26-,27+,30?/m0/s1. The number of imide groups is 1. The number of hydrogen-bond donors (Lipinski definition) is 2. The van der Waals surface area contributed by atoms with Crippen molar-refractivity contribution in [3.8, 4) is 0 Å². The number of aryl methyl sites for hydroxylation is 1. The lowest BCUT2D eigenvalue weighted by Gasteiger charge is -2.47. The number of halogens is 1. The molecule has 14 heteroatoms. The van der Waals surface area contributed by atoms with Crippen molar-refractivity contribution in [3.05, 3.63) is 85.6 Å². The summed E-state index contributed by atoms with van der Waals surface area (Å²) < 4.78 is 2.64. The quantitative estimate of drug-likeness (QED) is 0.369. The van der Waals surface area contributed by atoms with E-state index >= 15 is 0 Å². The summed E-state index contributed by atoms with van der Waals surface area (Å²) in [4.78, 5) is 69.1. The van der Waals surface area contributed by atoms with Crippen LogP contribution in [0.3, 0.4) is 0 Å². The Morgan fingerprint density at radius 2 is 1.67 bits per heavy atom. The third kappa shape index (κ3) is 7.32. The average Bonchev–Trinajstić information content (AvgIpc) is 3.12. The van der Waals surface area contributed by atoms with Crippen LogP contribution in [0.5, 0.6) is 0 Å². The van der Waals surface area contributed by atoms with Gasteiger partial charge in [0, 0.05) is 82.3 Å². The van der Waals surface area contributed by atoms with E-state index in [0.717, 1.165) is 77.1 Å². The molecule has 51 heavy (non-hydrogen) atoms. The molecule has 1 unspecified atom stereocenters. The second-order valence-electron chi connectivity index (χ2n) is 14.8. The third-order valence-corrected chi connectivity index (χ3v) is 11.8. The maximum absolute atomic E-state index is 13.6. The van der Waals surface area contributed by atoms with E-state index in [9.17, 15) is 24.0 Å². The van der Waals surface area contributed by atoms with Gasteiger partial charge < -0.3 is 24.6 Å². The fourth-order valence-electron chi connectivity index (χ4n) is 8.38. The number of aromatic nitrogens is 3. The highest BCUT2D eigenvalue weighted by Gasteiger charge is 2.39. The highest BCUT2D eigenvalue weighted by molar-refractivity contribution is 6.32. The Hall–Kier alpha value is -4.49. The van der Waals surface area contributed by atoms with Gasteiger partial charge in [-0.05, 0) is 80.7 Å². The lowest BCUT2D eigenvalue weighted by atomic mass is 9.71. The molecular weight excluding hydrogens is 672 g/mol. The van der Waals surface area contributed by atoms with Gasteiger partial charge in [-0.2, -0.15) is 5.10 Å². The number of likely N-dealkylation sites (tertiary alicyclic amines) is 2. The molecule has 0 radical (unpaired) electrons. The molecule has 0 saturated carbocycles. The van der Waals surface area contributed by atoms with Gasteiger partial charge in [-0.15, -0.1) is 0 Å². The summed E-state index contributed by atoms with van der Waals surface area (Å²) in [6, 6.07) is 11.0. The maximum atomic E-state index is 13.6. The molecule has 4 aliphatic rings. The average molecular weight is 717 g/mol. The number of carbonyl (C=O) groups is 3. The zero-order valence-electron chi connectivity index (χ0n) is 29.1. The number of rotatable bonds is 6. The molecule has 6 heterocycles. The van der Waals surface area contributed by atoms with E-state index in [1.165, 1.54) is 14.8 Å². The third-order valence-electron chi connectivity index (χ3n) is 11.5. The van der Waals surface area contributed by atoms with Crippen molar-refractivity contribution in [2.24, 2.45) is 12.5 Å². The molecule has 4 fully saturated rings. The molecule has 1 aromatic carbocycles. The number of carbonyl (C=O) groups excluding carboxylic acids is 3. The predicted molar refractivity (Wildman–Crippen MR) is 194 cm³/mol. The van der Waals surface area contributed by atoms with Crippen LogP contribution in [0.1, 0.15) is 72.8 Å². The second-order valence-corrected chi connectivity index (χ2v) is 15.2. The molecule has 0 bridgehead atoms. The first kappa shape index (κ1) is 34.9. The van der Waals surface area contributed by atoms with Crippen molar-refractivity contribution in [3.63, 3.8) is 0 Å². The van der Waals surface area contributed by atoms with Crippen LogP contribution in [0.4, 0.5) is 11.4 Å². The predicted octanol–water partition coefficient (Wildman–Crippen LogP) is 3.00. The van der Waals surface area contributed by atoms with Crippen LogP contribution in [-0.4, -0.2) is 94.2 Å². The smallest absolute Gasteiger partial charge is 0.287 e.